The van der Waals surface area contributed by atoms with Gasteiger partial charge in [-0.05, 0) is 89.6 Å². The van der Waals surface area contributed by atoms with Crippen molar-refractivity contribution >= 4 is 40.7 Å². The molecule has 0 aromatic heterocycles. The predicted octanol–water partition coefficient (Wildman–Crippen LogP) is 3.72. The van der Waals surface area contributed by atoms with Gasteiger partial charge in [0.25, 0.3) is 11.8 Å². The van der Waals surface area contributed by atoms with Crippen LogP contribution in [0.4, 0.5) is 0 Å². The summed E-state index contributed by atoms with van der Waals surface area (Å²) >= 11 is 10.9. The van der Waals surface area contributed by atoms with Crippen molar-refractivity contribution in [2.24, 2.45) is 0 Å². The van der Waals surface area contributed by atoms with Crippen LogP contribution in [0, 0.1) is 63.2 Å². The summed E-state index contributed by atoms with van der Waals surface area (Å²) in [6, 6.07) is 0. The van der Waals surface area contributed by atoms with E-state index in [9.17, 15) is 9.59 Å². The van der Waals surface area contributed by atoms with Crippen molar-refractivity contribution in [3.8, 4) is 0 Å². The second-order valence-corrected chi connectivity index (χ2v) is 10.5. The van der Waals surface area contributed by atoms with Crippen LogP contribution in [0.3, 0.4) is 0 Å². The summed E-state index contributed by atoms with van der Waals surface area (Å²) in [5.74, 6) is 1.23. The Balaban J connectivity index is 0.000000681. The number of thiocarbonyl (C=S) groups is 1. The van der Waals surface area contributed by atoms with Gasteiger partial charge in [-0.2, -0.15) is 0 Å². The maximum Gasteiger partial charge on any atom is 2.00 e. The van der Waals surface area contributed by atoms with Gasteiger partial charge in [-0.3, -0.25) is 19.4 Å². The third kappa shape index (κ3) is 12.7. The summed E-state index contributed by atoms with van der Waals surface area (Å²) in [6.45, 7) is 13.3. The molecule has 45 heavy (non-hydrogen) atoms. The summed E-state index contributed by atoms with van der Waals surface area (Å²) in [5, 5.41) is 0.857. The molecule has 244 valence electrons. The number of amides is 2. The molecule has 0 unspecified atom stereocenters. The molecule has 4 rings (SSSR count). The Kier molecular flexibility index (Phi) is 19.8. The van der Waals surface area contributed by atoms with E-state index >= 15 is 0 Å². The molecule has 0 atom stereocenters. The average Bonchev–Trinajstić information content (AvgIpc) is 3.74. The number of halogens is 1. The SMILES string of the molecule is C=C(Cl)[C]1[CH][CH][CH][CH]1.CCN1C(=O)C(=C/C=C(/[C]2[CH][CH][CH][CH]2)N2CCOCCOCCOCCOCC2)C(=O)N(CC)C1=S.[Fe+2]. The molecule has 2 aliphatic carbocycles. The molecule has 0 spiro atoms. The van der Waals surface area contributed by atoms with Crippen LogP contribution in [0.2, 0.25) is 0 Å². The fourth-order valence-corrected chi connectivity index (χ4v) is 5.06. The quantitative estimate of drug-likeness (QED) is 0.180. The Hall–Kier alpha value is -1.30. The summed E-state index contributed by atoms with van der Waals surface area (Å²) in [6.07, 6.45) is 19.1. The Morgan fingerprint density at radius 3 is 1.56 bits per heavy atom. The minimum atomic E-state index is -0.376. The first-order chi connectivity index (χ1) is 21.4. The van der Waals surface area contributed by atoms with Crippen LogP contribution in [0.15, 0.2) is 35.0 Å². The molecule has 4 aliphatic rings. The first-order valence-electron chi connectivity index (χ1n) is 14.8. The number of carbonyl (C=O) groups is 2. The van der Waals surface area contributed by atoms with Gasteiger partial charge in [0.15, 0.2) is 5.11 Å². The van der Waals surface area contributed by atoms with E-state index in [1.54, 1.807) is 6.08 Å². The van der Waals surface area contributed by atoms with Crippen molar-refractivity contribution in [1.82, 2.24) is 14.7 Å². The molecule has 2 aliphatic heterocycles. The molecule has 2 amide bonds. The first-order valence-corrected chi connectivity index (χ1v) is 15.6. The largest absolute Gasteiger partial charge is 2.00 e. The summed E-state index contributed by atoms with van der Waals surface area (Å²) < 4.78 is 22.6. The van der Waals surface area contributed by atoms with Crippen LogP contribution < -0.4 is 0 Å². The normalized spacial score (nSPS) is 22.4. The van der Waals surface area contributed by atoms with E-state index < -0.39 is 0 Å². The Bertz CT molecular complexity index is 972. The van der Waals surface area contributed by atoms with E-state index in [0.29, 0.717) is 84.1 Å². The fraction of sp³-hybridized carbons (Fsp3) is 0.424. The molecule has 0 N–H and O–H groups in total. The van der Waals surface area contributed by atoms with Crippen LogP contribution in [0.5, 0.6) is 0 Å². The number of nitrogens with zero attached hydrogens (tertiary/aromatic N) is 3. The number of likely N-dealkylation sites (N-methyl/N-ethyl adjacent to an activating group) is 2. The molecule has 0 aromatic carbocycles. The molecule has 9 nitrogen and oxygen atoms in total. The van der Waals surface area contributed by atoms with Crippen molar-refractivity contribution in [1.29, 1.82) is 0 Å². The van der Waals surface area contributed by atoms with Crippen molar-refractivity contribution in [2.75, 3.05) is 79.0 Å². The smallest absolute Gasteiger partial charge is 0.377 e. The Morgan fingerprint density at radius 1 is 0.778 bits per heavy atom. The van der Waals surface area contributed by atoms with Gasteiger partial charge in [0.2, 0.25) is 0 Å². The van der Waals surface area contributed by atoms with E-state index in [1.807, 2.05) is 71.3 Å². The maximum absolute atomic E-state index is 13.1. The first kappa shape index (κ1) is 39.9. The molecule has 2 saturated heterocycles. The number of carbonyl (C=O) groups excluding carboxylic acids is 2. The molecule has 2 saturated carbocycles. The number of hydrogen-bond donors (Lipinski definition) is 0. The maximum atomic E-state index is 13.1. The second-order valence-electron chi connectivity index (χ2n) is 9.70. The van der Waals surface area contributed by atoms with E-state index in [0.717, 1.165) is 17.5 Å². The number of rotatable bonds is 6. The van der Waals surface area contributed by atoms with Gasteiger partial charge in [-0.15, -0.1) is 0 Å². The van der Waals surface area contributed by atoms with E-state index in [-0.39, 0.29) is 39.6 Å². The molecule has 10 radical (unpaired) electrons. The van der Waals surface area contributed by atoms with Crippen molar-refractivity contribution in [2.45, 2.75) is 13.8 Å². The average molecular weight is 700 g/mol. The summed E-state index contributed by atoms with van der Waals surface area (Å²) in [5.41, 5.74) is 0.966. The fourth-order valence-electron chi connectivity index (χ4n) is 4.51. The van der Waals surface area contributed by atoms with Crippen LogP contribution in [-0.4, -0.2) is 111 Å². The van der Waals surface area contributed by atoms with Gasteiger partial charge in [0.05, 0.1) is 52.9 Å². The molecule has 0 bridgehead atoms. The zero-order valence-corrected chi connectivity index (χ0v) is 28.6. The van der Waals surface area contributed by atoms with Crippen molar-refractivity contribution < 1.29 is 45.6 Å². The number of hydrogen-bond acceptors (Lipinski definition) is 8. The van der Waals surface area contributed by atoms with Gasteiger partial charge in [0.1, 0.15) is 5.57 Å². The van der Waals surface area contributed by atoms with E-state index in [2.05, 4.69) is 11.5 Å². The third-order valence-corrected chi connectivity index (χ3v) is 7.51. The molecular weight excluding hydrogens is 658 g/mol. The zero-order valence-electron chi connectivity index (χ0n) is 25.9. The molecule has 4 fully saturated rings. The van der Waals surface area contributed by atoms with E-state index in [4.69, 9.17) is 42.8 Å². The van der Waals surface area contributed by atoms with Crippen LogP contribution in [0.1, 0.15) is 13.8 Å². The van der Waals surface area contributed by atoms with E-state index in [1.165, 1.54) is 9.80 Å². The zero-order chi connectivity index (χ0) is 31.7. The minimum absolute atomic E-state index is 0. The minimum Gasteiger partial charge on any atom is -0.377 e. The van der Waals surface area contributed by atoms with Crippen LogP contribution in [0.25, 0.3) is 0 Å². The van der Waals surface area contributed by atoms with Gasteiger partial charge in [-0.25, -0.2) is 0 Å². The summed E-state index contributed by atoms with van der Waals surface area (Å²) in [7, 11) is 0. The summed E-state index contributed by atoms with van der Waals surface area (Å²) in [4.78, 5) is 31.2. The third-order valence-electron chi connectivity index (χ3n) is 6.86. The topological polar surface area (TPSA) is 80.8 Å². The Morgan fingerprint density at radius 2 is 1.18 bits per heavy atom. The monoisotopic (exact) mass is 699 g/mol. The van der Waals surface area contributed by atoms with Crippen LogP contribution >= 0.6 is 23.8 Å². The van der Waals surface area contributed by atoms with Gasteiger partial charge in [-0.1, -0.05) is 18.2 Å². The molecule has 12 heteroatoms. The van der Waals surface area contributed by atoms with Crippen molar-refractivity contribution in [3.63, 3.8) is 0 Å². The number of ether oxygens (including phenoxy) is 4. The molecule has 2 heterocycles. The van der Waals surface area contributed by atoms with Crippen molar-refractivity contribution in [3.05, 3.63) is 98.2 Å². The van der Waals surface area contributed by atoms with Crippen LogP contribution in [-0.2, 0) is 45.6 Å². The van der Waals surface area contributed by atoms with Gasteiger partial charge in [0, 0.05) is 48.7 Å². The number of allylic oxidation sites excluding steroid dienone is 4. The Labute approximate surface area is 291 Å². The molecule has 0 aromatic rings. The van der Waals surface area contributed by atoms with Gasteiger partial charge < -0.3 is 23.8 Å². The van der Waals surface area contributed by atoms with Gasteiger partial charge >= 0.3 is 17.1 Å². The predicted molar refractivity (Wildman–Crippen MR) is 174 cm³/mol. The second kappa shape index (κ2) is 22.3. The standard InChI is InChI=1S/C26H36N3O6S.C7H6Cl.Fe/c1-3-28-24(30)22(25(31)29(4-2)26(28)36)9-10-23(21-7-5-6-8-21)27-11-13-32-15-17-34-19-20-35-18-16-33-14-12-27;1-6(8)7-4-2-3-5-7;/h5-10H,3-4,11-20H2,1-2H3;2-5H,1H2;/q;;+2/b23-10-;;. The molecular formula is C33H42ClFeN3O6S+2.